The Bertz CT molecular complexity index is 565. The van der Waals surface area contributed by atoms with Gasteiger partial charge in [-0.05, 0) is 43.7 Å². The van der Waals surface area contributed by atoms with Gasteiger partial charge in [0, 0.05) is 17.5 Å². The fourth-order valence-corrected chi connectivity index (χ4v) is 2.76. The molecule has 1 heterocycles. The smallest absolute Gasteiger partial charge is 0.128 e. The zero-order valence-corrected chi connectivity index (χ0v) is 12.6. The highest BCUT2D eigenvalue weighted by Gasteiger charge is 2.23. The molecule has 1 atom stereocenters. The second-order valence-corrected chi connectivity index (χ2v) is 5.12. The van der Waals surface area contributed by atoms with Crippen molar-refractivity contribution in [2.24, 2.45) is 0 Å². The Hall–Kier alpha value is -1.61. The number of benzene rings is 1. The van der Waals surface area contributed by atoms with E-state index in [0.29, 0.717) is 5.56 Å². The van der Waals surface area contributed by atoms with Gasteiger partial charge in [0.05, 0.1) is 12.3 Å². The Morgan fingerprint density at radius 1 is 1.25 bits per heavy atom. The summed E-state index contributed by atoms with van der Waals surface area (Å²) in [6.07, 6.45) is 2.48. The molecule has 2 rings (SSSR count). The van der Waals surface area contributed by atoms with Gasteiger partial charge in [0.25, 0.3) is 0 Å². The lowest BCUT2D eigenvalue weighted by molar-refractivity contribution is 0.496. The summed E-state index contributed by atoms with van der Waals surface area (Å²) in [5.41, 5.74) is 3.66. The fourth-order valence-electron chi connectivity index (χ4n) is 2.76. The number of hydrogen-bond acceptors (Lipinski definition) is 2. The Morgan fingerprint density at radius 3 is 2.60 bits per heavy atom. The number of nitrogens with one attached hydrogen (secondary N) is 1. The first kappa shape index (κ1) is 14.8. The topological polar surface area (TPSA) is 25.2 Å². The maximum atomic E-state index is 14.4. The first-order valence-electron chi connectivity index (χ1n) is 7.14. The lowest BCUT2D eigenvalue weighted by Crippen LogP contribution is -2.24. The van der Waals surface area contributed by atoms with Gasteiger partial charge in [-0.3, -0.25) is 0 Å². The predicted octanol–water partition coefficient (Wildman–Crippen LogP) is 4.30. The lowest BCUT2D eigenvalue weighted by Gasteiger charge is -2.21. The van der Waals surface area contributed by atoms with Crippen molar-refractivity contribution in [2.75, 3.05) is 6.54 Å². The minimum absolute atomic E-state index is 0.156. The highest BCUT2D eigenvalue weighted by Crippen LogP contribution is 2.31. The van der Waals surface area contributed by atoms with Gasteiger partial charge in [-0.25, -0.2) is 4.39 Å². The molecular formula is C17H22FNO. The van der Waals surface area contributed by atoms with Crippen molar-refractivity contribution in [3.63, 3.8) is 0 Å². The molecule has 0 aliphatic carbocycles. The number of halogens is 1. The van der Waals surface area contributed by atoms with E-state index in [1.54, 1.807) is 12.3 Å². The van der Waals surface area contributed by atoms with Crippen LogP contribution in [0.1, 0.15) is 47.9 Å². The molecule has 3 heteroatoms. The molecule has 2 aromatic rings. The molecule has 1 N–H and O–H groups in total. The van der Waals surface area contributed by atoms with E-state index in [-0.39, 0.29) is 11.9 Å². The Labute approximate surface area is 120 Å². The van der Waals surface area contributed by atoms with Gasteiger partial charge in [-0.2, -0.15) is 0 Å². The molecule has 0 saturated heterocycles. The highest BCUT2D eigenvalue weighted by molar-refractivity contribution is 5.41. The molecule has 0 aliphatic rings. The van der Waals surface area contributed by atoms with Gasteiger partial charge >= 0.3 is 0 Å². The summed E-state index contributed by atoms with van der Waals surface area (Å²) >= 11 is 0. The average molecular weight is 275 g/mol. The Kier molecular flexibility index (Phi) is 4.61. The van der Waals surface area contributed by atoms with E-state index in [9.17, 15) is 4.39 Å². The minimum Gasteiger partial charge on any atom is -0.469 e. The summed E-state index contributed by atoms with van der Waals surface area (Å²) in [6.45, 7) is 8.72. The van der Waals surface area contributed by atoms with E-state index in [4.69, 9.17) is 4.42 Å². The molecule has 0 fully saturated rings. The first-order valence-corrected chi connectivity index (χ1v) is 7.14. The minimum atomic E-state index is -0.158. The van der Waals surface area contributed by atoms with E-state index in [2.05, 4.69) is 5.32 Å². The summed E-state index contributed by atoms with van der Waals surface area (Å²) in [4.78, 5) is 0. The number of rotatable bonds is 5. The van der Waals surface area contributed by atoms with E-state index < -0.39 is 0 Å². The monoisotopic (exact) mass is 275 g/mol. The number of aryl methyl sites for hydroxylation is 3. The van der Waals surface area contributed by atoms with Crippen LogP contribution in [0.3, 0.4) is 0 Å². The summed E-state index contributed by atoms with van der Waals surface area (Å²) in [6, 6.07) is 5.40. The third-order valence-corrected chi connectivity index (χ3v) is 3.59. The van der Waals surface area contributed by atoms with Crippen molar-refractivity contribution in [3.05, 3.63) is 58.3 Å². The molecule has 0 saturated carbocycles. The average Bonchev–Trinajstić information content (AvgIpc) is 2.84. The van der Waals surface area contributed by atoms with Gasteiger partial charge in [-0.15, -0.1) is 0 Å². The van der Waals surface area contributed by atoms with Crippen LogP contribution in [0.5, 0.6) is 0 Å². The highest BCUT2D eigenvalue weighted by atomic mass is 19.1. The summed E-state index contributed by atoms with van der Waals surface area (Å²) in [7, 11) is 0. The molecule has 0 radical (unpaired) electrons. The second kappa shape index (κ2) is 6.23. The van der Waals surface area contributed by atoms with Crippen LogP contribution in [0.25, 0.3) is 0 Å². The zero-order valence-electron chi connectivity index (χ0n) is 12.6. The zero-order chi connectivity index (χ0) is 14.7. The van der Waals surface area contributed by atoms with Crippen LogP contribution in [-0.2, 0) is 6.42 Å². The number of hydrogen-bond donors (Lipinski definition) is 1. The summed E-state index contributed by atoms with van der Waals surface area (Å²) in [5, 5.41) is 3.38. The van der Waals surface area contributed by atoms with Crippen LogP contribution >= 0.6 is 0 Å². The maximum absolute atomic E-state index is 14.4. The largest absolute Gasteiger partial charge is 0.469 e. The summed E-state index contributed by atoms with van der Waals surface area (Å²) < 4.78 is 19.9. The van der Waals surface area contributed by atoms with Crippen molar-refractivity contribution >= 4 is 0 Å². The molecule has 0 amide bonds. The van der Waals surface area contributed by atoms with Gasteiger partial charge in [-0.1, -0.05) is 19.9 Å². The molecule has 1 unspecified atom stereocenters. The molecule has 20 heavy (non-hydrogen) atoms. The maximum Gasteiger partial charge on any atom is 0.128 e. The molecule has 0 bridgehead atoms. The van der Waals surface area contributed by atoms with Crippen LogP contribution in [0.4, 0.5) is 4.39 Å². The molecule has 1 aromatic heterocycles. The molecule has 108 valence electrons. The van der Waals surface area contributed by atoms with Gasteiger partial charge in [0.1, 0.15) is 11.6 Å². The van der Waals surface area contributed by atoms with Gasteiger partial charge in [0.2, 0.25) is 0 Å². The van der Waals surface area contributed by atoms with Crippen molar-refractivity contribution in [3.8, 4) is 0 Å². The van der Waals surface area contributed by atoms with Crippen molar-refractivity contribution in [2.45, 2.75) is 40.2 Å². The van der Waals surface area contributed by atoms with Crippen molar-refractivity contribution in [1.82, 2.24) is 5.32 Å². The second-order valence-electron chi connectivity index (χ2n) is 5.12. The van der Waals surface area contributed by atoms with Gasteiger partial charge < -0.3 is 9.73 Å². The predicted molar refractivity (Wildman–Crippen MR) is 79.5 cm³/mol. The van der Waals surface area contributed by atoms with Crippen LogP contribution in [0, 0.1) is 19.7 Å². The van der Waals surface area contributed by atoms with E-state index in [0.717, 1.165) is 35.4 Å². The van der Waals surface area contributed by atoms with E-state index in [1.807, 2.05) is 39.8 Å². The van der Waals surface area contributed by atoms with Crippen LogP contribution in [0.2, 0.25) is 0 Å². The van der Waals surface area contributed by atoms with Crippen LogP contribution < -0.4 is 5.32 Å². The van der Waals surface area contributed by atoms with Crippen molar-refractivity contribution < 1.29 is 8.81 Å². The quantitative estimate of drug-likeness (QED) is 0.880. The summed E-state index contributed by atoms with van der Waals surface area (Å²) in [5.74, 6) is 0.757. The molecule has 0 aliphatic heterocycles. The van der Waals surface area contributed by atoms with Crippen molar-refractivity contribution in [1.29, 1.82) is 0 Å². The molecule has 0 spiro atoms. The normalized spacial score (nSPS) is 12.7. The van der Waals surface area contributed by atoms with E-state index >= 15 is 0 Å². The standard InChI is InChI=1S/C17H22FNO/c1-5-15-13(7-8-20-15)17(19-6-2)16-12(4)9-11(3)10-14(16)18/h7-10,17,19H,5-6H2,1-4H3. The third-order valence-electron chi connectivity index (χ3n) is 3.59. The molecular weight excluding hydrogens is 253 g/mol. The first-order chi connectivity index (χ1) is 9.58. The Balaban J connectivity index is 2.54. The van der Waals surface area contributed by atoms with Gasteiger partial charge in [0.15, 0.2) is 0 Å². The van der Waals surface area contributed by atoms with E-state index in [1.165, 1.54) is 0 Å². The molecule has 1 aromatic carbocycles. The Morgan fingerprint density at radius 2 is 2.00 bits per heavy atom. The van der Waals surface area contributed by atoms with Crippen LogP contribution in [-0.4, -0.2) is 6.54 Å². The number of furan rings is 1. The third kappa shape index (κ3) is 2.78. The lowest BCUT2D eigenvalue weighted by atomic mass is 9.93. The van der Waals surface area contributed by atoms with Crippen LogP contribution in [0.15, 0.2) is 28.9 Å². The SMILES string of the molecule is CCNC(c1ccoc1CC)c1c(C)cc(C)cc1F. The fraction of sp³-hybridized carbons (Fsp3) is 0.412. The molecule has 2 nitrogen and oxygen atoms in total.